The minimum atomic E-state index is -3.50. The highest BCUT2D eigenvalue weighted by Crippen LogP contribution is 2.20. The van der Waals surface area contributed by atoms with Gasteiger partial charge in [-0.25, -0.2) is 13.2 Å². The number of amides is 2. The smallest absolute Gasteiger partial charge is 0.414 e. The lowest BCUT2D eigenvalue weighted by Gasteiger charge is -2.14. The van der Waals surface area contributed by atoms with E-state index in [9.17, 15) is 18.0 Å². The van der Waals surface area contributed by atoms with Crippen LogP contribution in [0.5, 0.6) is 0 Å². The van der Waals surface area contributed by atoms with Crippen molar-refractivity contribution in [2.75, 3.05) is 29.0 Å². The molecule has 2 amide bonds. The Labute approximate surface area is 157 Å². The first-order chi connectivity index (χ1) is 12.8. The maximum absolute atomic E-state index is 12.5. The molecule has 0 unspecified atom stereocenters. The maximum atomic E-state index is 12.5. The molecule has 0 saturated carbocycles. The molecule has 0 spiro atoms. The van der Waals surface area contributed by atoms with Gasteiger partial charge in [0.05, 0.1) is 24.1 Å². The molecule has 0 aromatic heterocycles. The second-order valence-electron chi connectivity index (χ2n) is 6.04. The van der Waals surface area contributed by atoms with Gasteiger partial charge in [-0.15, -0.1) is 0 Å². The van der Waals surface area contributed by atoms with Crippen molar-refractivity contribution < 1.29 is 22.7 Å². The zero-order valence-electron chi connectivity index (χ0n) is 14.6. The first-order valence-corrected chi connectivity index (χ1v) is 10.1. The summed E-state index contributed by atoms with van der Waals surface area (Å²) in [5.74, 6) is -0.410. The molecule has 0 bridgehead atoms. The molecule has 1 aliphatic rings. The minimum absolute atomic E-state index is 0.214. The number of rotatable bonds is 6. The van der Waals surface area contributed by atoms with Crippen molar-refractivity contribution in [1.82, 2.24) is 5.32 Å². The summed E-state index contributed by atoms with van der Waals surface area (Å²) in [7, 11) is -3.50. The highest BCUT2D eigenvalue weighted by molar-refractivity contribution is 7.92. The van der Waals surface area contributed by atoms with Crippen LogP contribution in [-0.2, 0) is 21.3 Å². The van der Waals surface area contributed by atoms with Crippen molar-refractivity contribution in [2.24, 2.45) is 0 Å². The van der Waals surface area contributed by atoms with Crippen molar-refractivity contribution in [2.45, 2.75) is 6.54 Å². The lowest BCUT2D eigenvalue weighted by molar-refractivity contribution is 0.0951. The number of carbonyl (C=O) groups is 2. The van der Waals surface area contributed by atoms with Gasteiger partial charge in [0.25, 0.3) is 5.91 Å². The van der Waals surface area contributed by atoms with Crippen molar-refractivity contribution in [1.29, 1.82) is 0 Å². The molecule has 0 radical (unpaired) electrons. The van der Waals surface area contributed by atoms with Crippen molar-refractivity contribution in [3.8, 4) is 0 Å². The van der Waals surface area contributed by atoms with E-state index in [0.717, 1.165) is 11.8 Å². The van der Waals surface area contributed by atoms with Gasteiger partial charge in [-0.05, 0) is 29.8 Å². The topological polar surface area (TPSA) is 105 Å². The summed E-state index contributed by atoms with van der Waals surface area (Å²) in [6, 6.07) is 13.6. The maximum Gasteiger partial charge on any atom is 0.414 e. The number of para-hydroxylation sites is 1. The Morgan fingerprint density at radius 1 is 1.19 bits per heavy atom. The lowest BCUT2D eigenvalue weighted by atomic mass is 10.1. The molecule has 9 heteroatoms. The van der Waals surface area contributed by atoms with Crippen LogP contribution in [-0.4, -0.2) is 39.8 Å². The van der Waals surface area contributed by atoms with Gasteiger partial charge in [0.15, 0.2) is 0 Å². The summed E-state index contributed by atoms with van der Waals surface area (Å²) in [5, 5.41) is 2.76. The van der Waals surface area contributed by atoms with Crippen molar-refractivity contribution >= 4 is 33.4 Å². The zero-order valence-corrected chi connectivity index (χ0v) is 15.5. The highest BCUT2D eigenvalue weighted by atomic mass is 32.2. The number of sulfonamides is 1. The number of hydrogen-bond acceptors (Lipinski definition) is 5. The largest absolute Gasteiger partial charge is 0.447 e. The first kappa shape index (κ1) is 18.7. The van der Waals surface area contributed by atoms with Crippen LogP contribution >= 0.6 is 0 Å². The van der Waals surface area contributed by atoms with Gasteiger partial charge in [0, 0.05) is 12.2 Å². The predicted octanol–water partition coefficient (Wildman–Crippen LogP) is 1.94. The fraction of sp³-hybridized carbons (Fsp3) is 0.222. The van der Waals surface area contributed by atoms with Crippen molar-refractivity contribution in [3.05, 3.63) is 59.7 Å². The molecule has 2 aromatic carbocycles. The Morgan fingerprint density at radius 2 is 1.96 bits per heavy atom. The molecule has 1 fully saturated rings. The van der Waals surface area contributed by atoms with E-state index < -0.39 is 22.0 Å². The van der Waals surface area contributed by atoms with E-state index in [4.69, 9.17) is 4.74 Å². The Bertz CT molecular complexity index is 974. The monoisotopic (exact) mass is 389 g/mol. The van der Waals surface area contributed by atoms with Gasteiger partial charge >= 0.3 is 6.09 Å². The molecule has 2 aromatic rings. The quantitative estimate of drug-likeness (QED) is 0.786. The average molecular weight is 389 g/mol. The zero-order chi connectivity index (χ0) is 19.4. The molecular formula is C18H19N3O5S. The molecule has 27 heavy (non-hydrogen) atoms. The summed E-state index contributed by atoms with van der Waals surface area (Å²) < 4.78 is 30.2. The molecule has 1 heterocycles. The first-order valence-electron chi connectivity index (χ1n) is 8.22. The van der Waals surface area contributed by atoms with E-state index in [-0.39, 0.29) is 17.8 Å². The normalized spacial score (nSPS) is 14.0. The van der Waals surface area contributed by atoms with Gasteiger partial charge < -0.3 is 10.1 Å². The van der Waals surface area contributed by atoms with Crippen LogP contribution in [0.4, 0.5) is 16.2 Å². The van der Waals surface area contributed by atoms with Crippen LogP contribution in [0.1, 0.15) is 15.9 Å². The molecule has 0 atom stereocenters. The van der Waals surface area contributed by atoms with Crippen LogP contribution in [0.25, 0.3) is 0 Å². The SMILES string of the molecule is CS(=O)(=O)Nc1ccccc1C(=O)NCc1cccc(N2CCOC2=O)c1. The Morgan fingerprint density at radius 3 is 2.67 bits per heavy atom. The van der Waals surface area contributed by atoms with E-state index >= 15 is 0 Å². The average Bonchev–Trinajstić information content (AvgIpc) is 3.05. The molecule has 2 N–H and O–H groups in total. The molecule has 8 nitrogen and oxygen atoms in total. The van der Waals surface area contributed by atoms with Gasteiger partial charge in [0.1, 0.15) is 6.61 Å². The van der Waals surface area contributed by atoms with Crippen molar-refractivity contribution in [3.63, 3.8) is 0 Å². The van der Waals surface area contributed by atoms with Crippen LogP contribution in [0.3, 0.4) is 0 Å². The molecule has 1 aliphatic heterocycles. The third-order valence-corrected chi connectivity index (χ3v) is 4.49. The number of benzene rings is 2. The van der Waals surface area contributed by atoms with Gasteiger partial charge in [-0.1, -0.05) is 24.3 Å². The van der Waals surface area contributed by atoms with E-state index in [1.165, 1.54) is 11.0 Å². The summed E-state index contributed by atoms with van der Waals surface area (Å²) in [6.45, 7) is 1.06. The standard InChI is InChI=1S/C18H19N3O5S/c1-27(24,25)20-16-8-3-2-7-15(16)17(22)19-12-13-5-4-6-14(11-13)21-9-10-26-18(21)23/h2-8,11,20H,9-10,12H2,1H3,(H,19,22). The summed E-state index contributed by atoms with van der Waals surface area (Å²) in [5.41, 5.74) is 1.94. The predicted molar refractivity (Wildman–Crippen MR) is 101 cm³/mol. The molecule has 1 saturated heterocycles. The summed E-state index contributed by atoms with van der Waals surface area (Å²) in [6.07, 6.45) is 0.633. The fourth-order valence-corrected chi connectivity index (χ4v) is 3.29. The number of anilines is 2. The molecule has 142 valence electrons. The van der Waals surface area contributed by atoms with Crippen LogP contribution in [0.15, 0.2) is 48.5 Å². The third kappa shape index (κ3) is 4.76. The van der Waals surface area contributed by atoms with Gasteiger partial charge in [0.2, 0.25) is 10.0 Å². The van der Waals surface area contributed by atoms with E-state index in [1.807, 2.05) is 6.07 Å². The number of cyclic esters (lactones) is 1. The number of ether oxygens (including phenoxy) is 1. The van der Waals surface area contributed by atoms with Gasteiger partial charge in [-0.2, -0.15) is 0 Å². The summed E-state index contributed by atoms with van der Waals surface area (Å²) in [4.78, 5) is 25.7. The van der Waals surface area contributed by atoms with Crippen LogP contribution in [0.2, 0.25) is 0 Å². The second kappa shape index (κ2) is 7.67. The Hall–Kier alpha value is -3.07. The number of carbonyl (C=O) groups excluding carboxylic acids is 2. The Kier molecular flexibility index (Phi) is 5.31. The van der Waals surface area contributed by atoms with E-state index in [2.05, 4.69) is 10.0 Å². The summed E-state index contributed by atoms with van der Waals surface area (Å²) >= 11 is 0. The van der Waals surface area contributed by atoms with E-state index in [1.54, 1.807) is 36.4 Å². The molecule has 0 aliphatic carbocycles. The Balaban J connectivity index is 1.71. The fourth-order valence-electron chi connectivity index (χ4n) is 2.71. The lowest BCUT2D eigenvalue weighted by Crippen LogP contribution is -2.25. The molecular weight excluding hydrogens is 370 g/mol. The minimum Gasteiger partial charge on any atom is -0.447 e. The number of nitrogens with zero attached hydrogens (tertiary/aromatic N) is 1. The van der Waals surface area contributed by atoms with Crippen LogP contribution < -0.4 is 14.9 Å². The van der Waals surface area contributed by atoms with E-state index in [0.29, 0.717) is 18.8 Å². The molecule has 3 rings (SSSR count). The van der Waals surface area contributed by atoms with Crippen LogP contribution in [0, 0.1) is 0 Å². The second-order valence-corrected chi connectivity index (χ2v) is 7.79. The highest BCUT2D eigenvalue weighted by Gasteiger charge is 2.23. The van der Waals surface area contributed by atoms with Gasteiger partial charge in [-0.3, -0.25) is 14.4 Å². The number of nitrogens with one attached hydrogen (secondary N) is 2. The third-order valence-electron chi connectivity index (χ3n) is 3.90. The number of hydrogen-bond donors (Lipinski definition) is 2.